The highest BCUT2D eigenvalue weighted by molar-refractivity contribution is 9.10. The Morgan fingerprint density at radius 3 is 2.84 bits per heavy atom. The molecule has 0 saturated heterocycles. The lowest BCUT2D eigenvalue weighted by atomic mass is 10.2. The van der Waals surface area contributed by atoms with Gasteiger partial charge in [0.25, 0.3) is 0 Å². The average Bonchev–Trinajstić information content (AvgIpc) is 2.42. The first-order valence-corrected chi connectivity index (χ1v) is 7.10. The van der Waals surface area contributed by atoms with Gasteiger partial charge in [-0.1, -0.05) is 22.9 Å². The van der Waals surface area contributed by atoms with Crippen molar-refractivity contribution in [1.82, 2.24) is 5.32 Å². The highest BCUT2D eigenvalue weighted by atomic mass is 79.9. The number of benzene rings is 1. The minimum Gasteiger partial charge on any atom is -0.493 e. The third-order valence-corrected chi connectivity index (χ3v) is 3.13. The number of carbonyl (C=O) groups is 1. The molecule has 0 spiro atoms. The molecule has 5 heteroatoms. The van der Waals surface area contributed by atoms with Gasteiger partial charge in [0.05, 0.1) is 13.7 Å². The maximum Gasteiger partial charge on any atom is 0.322 e. The molecule has 19 heavy (non-hydrogen) atoms. The first-order chi connectivity index (χ1) is 9.08. The van der Waals surface area contributed by atoms with Gasteiger partial charge in [0.2, 0.25) is 0 Å². The first kappa shape index (κ1) is 16.0. The van der Waals surface area contributed by atoms with Crippen LogP contribution in [0.15, 0.2) is 22.7 Å². The van der Waals surface area contributed by atoms with Gasteiger partial charge < -0.3 is 14.8 Å². The van der Waals surface area contributed by atoms with E-state index in [9.17, 15) is 4.79 Å². The Morgan fingerprint density at radius 1 is 1.47 bits per heavy atom. The zero-order valence-electron chi connectivity index (χ0n) is 11.5. The van der Waals surface area contributed by atoms with Gasteiger partial charge >= 0.3 is 5.97 Å². The zero-order chi connectivity index (χ0) is 14.3. The Hall–Kier alpha value is -1.07. The molecule has 1 atom stereocenters. The van der Waals surface area contributed by atoms with E-state index in [-0.39, 0.29) is 12.0 Å². The summed E-state index contributed by atoms with van der Waals surface area (Å²) < 4.78 is 11.3. The molecule has 0 aliphatic heterocycles. The molecule has 0 radical (unpaired) electrons. The lowest BCUT2D eigenvalue weighted by molar-refractivity contribution is -0.142. The van der Waals surface area contributed by atoms with Crippen molar-refractivity contribution in [3.63, 3.8) is 0 Å². The van der Waals surface area contributed by atoms with E-state index >= 15 is 0 Å². The van der Waals surface area contributed by atoms with E-state index in [1.165, 1.54) is 7.11 Å². The summed E-state index contributed by atoms with van der Waals surface area (Å²) in [6, 6.07) is 5.52. The van der Waals surface area contributed by atoms with Gasteiger partial charge in [-0.3, -0.25) is 4.79 Å². The molecule has 0 aromatic heterocycles. The van der Waals surface area contributed by atoms with E-state index in [0.29, 0.717) is 13.2 Å². The van der Waals surface area contributed by atoms with Crippen LogP contribution < -0.4 is 10.1 Å². The highest BCUT2D eigenvalue weighted by Gasteiger charge is 2.13. The van der Waals surface area contributed by atoms with Crippen LogP contribution in [0.25, 0.3) is 0 Å². The second kappa shape index (κ2) is 8.17. The Morgan fingerprint density at radius 2 is 2.21 bits per heavy atom. The molecule has 1 aromatic carbocycles. The minimum atomic E-state index is -0.344. The molecule has 0 fully saturated rings. The molecular formula is C14H20BrNO3. The number of nitrogens with one attached hydrogen (secondary N) is 1. The lowest BCUT2D eigenvalue weighted by Crippen LogP contribution is -2.34. The molecule has 1 aromatic rings. The number of rotatable bonds is 7. The first-order valence-electron chi connectivity index (χ1n) is 6.31. The van der Waals surface area contributed by atoms with Crippen molar-refractivity contribution in [3.05, 3.63) is 28.2 Å². The normalized spacial score (nSPS) is 12.0. The van der Waals surface area contributed by atoms with Gasteiger partial charge in [0, 0.05) is 16.6 Å². The predicted molar refractivity (Wildman–Crippen MR) is 78.2 cm³/mol. The Bertz CT molecular complexity index is 423. The molecule has 0 aliphatic rings. The third kappa shape index (κ3) is 5.20. The summed E-state index contributed by atoms with van der Waals surface area (Å²) in [5, 5.41) is 3.12. The quantitative estimate of drug-likeness (QED) is 0.781. The molecule has 0 aliphatic carbocycles. The number of ether oxygens (including phenoxy) is 2. The van der Waals surface area contributed by atoms with Crippen molar-refractivity contribution in [2.75, 3.05) is 13.7 Å². The maximum absolute atomic E-state index is 11.3. The summed E-state index contributed by atoms with van der Waals surface area (Å²) in [7, 11) is 1.38. The molecule has 106 valence electrons. The number of halogens is 1. The third-order valence-electron chi connectivity index (χ3n) is 2.64. The van der Waals surface area contributed by atoms with Gasteiger partial charge in [-0.25, -0.2) is 0 Å². The number of hydrogen-bond donors (Lipinski definition) is 1. The standard InChI is InChI=1S/C14H20BrNO3/c1-4-7-19-13-6-5-12(15)8-11(13)9-16-10(2)14(17)18-3/h5-6,8,10,16H,4,7,9H2,1-3H3/t10-/m0/s1. The molecule has 0 heterocycles. The van der Waals surface area contributed by atoms with Crippen LogP contribution >= 0.6 is 15.9 Å². The fourth-order valence-corrected chi connectivity index (χ4v) is 1.97. The molecule has 0 bridgehead atoms. The summed E-state index contributed by atoms with van der Waals surface area (Å²) in [6.45, 7) is 5.07. The monoisotopic (exact) mass is 329 g/mol. The van der Waals surface area contributed by atoms with E-state index in [4.69, 9.17) is 4.74 Å². The van der Waals surface area contributed by atoms with Crippen LogP contribution in [0, 0.1) is 0 Å². The fraction of sp³-hybridized carbons (Fsp3) is 0.500. The van der Waals surface area contributed by atoms with Gasteiger partial charge in [0.1, 0.15) is 11.8 Å². The Balaban J connectivity index is 2.69. The lowest BCUT2D eigenvalue weighted by Gasteiger charge is -2.15. The van der Waals surface area contributed by atoms with Crippen LogP contribution in [-0.4, -0.2) is 25.7 Å². The maximum atomic E-state index is 11.3. The van der Waals surface area contributed by atoms with Gasteiger partial charge in [-0.15, -0.1) is 0 Å². The van der Waals surface area contributed by atoms with E-state index in [0.717, 1.165) is 22.2 Å². The fourth-order valence-electron chi connectivity index (χ4n) is 1.56. The number of hydrogen-bond acceptors (Lipinski definition) is 4. The van der Waals surface area contributed by atoms with Gasteiger partial charge in [-0.2, -0.15) is 0 Å². The SMILES string of the molecule is CCCOc1ccc(Br)cc1CN[C@@H](C)C(=O)OC. The van der Waals surface area contributed by atoms with Gasteiger partial charge in [-0.05, 0) is 31.5 Å². The van der Waals surface area contributed by atoms with Crippen LogP contribution in [0.1, 0.15) is 25.8 Å². The summed E-state index contributed by atoms with van der Waals surface area (Å²) >= 11 is 3.44. The second-order valence-corrected chi connectivity index (χ2v) is 5.14. The molecule has 4 nitrogen and oxygen atoms in total. The second-order valence-electron chi connectivity index (χ2n) is 4.23. The van der Waals surface area contributed by atoms with E-state index < -0.39 is 0 Å². The molecule has 0 unspecified atom stereocenters. The summed E-state index contributed by atoms with van der Waals surface area (Å²) in [5.41, 5.74) is 1.01. The average molecular weight is 330 g/mol. The summed E-state index contributed by atoms with van der Waals surface area (Å²) in [6.07, 6.45) is 0.960. The van der Waals surface area contributed by atoms with Crippen molar-refractivity contribution in [3.8, 4) is 5.75 Å². The molecule has 0 saturated carbocycles. The molecule has 1 N–H and O–H groups in total. The van der Waals surface area contributed by atoms with E-state index in [1.807, 2.05) is 18.2 Å². The van der Waals surface area contributed by atoms with Crippen molar-refractivity contribution in [1.29, 1.82) is 0 Å². The zero-order valence-corrected chi connectivity index (χ0v) is 13.1. The van der Waals surface area contributed by atoms with E-state index in [2.05, 4.69) is 32.9 Å². The van der Waals surface area contributed by atoms with Crippen molar-refractivity contribution < 1.29 is 14.3 Å². The van der Waals surface area contributed by atoms with Crippen LogP contribution in [-0.2, 0) is 16.1 Å². The number of methoxy groups -OCH3 is 1. The van der Waals surface area contributed by atoms with Crippen molar-refractivity contribution in [2.45, 2.75) is 32.9 Å². The summed E-state index contributed by atoms with van der Waals surface area (Å²) in [5.74, 6) is 0.570. The Kier molecular flexibility index (Phi) is 6.87. The smallest absolute Gasteiger partial charge is 0.322 e. The van der Waals surface area contributed by atoms with Crippen LogP contribution in [0.5, 0.6) is 5.75 Å². The van der Waals surface area contributed by atoms with Gasteiger partial charge in [0.15, 0.2) is 0 Å². The Labute approximate surface area is 122 Å². The molecule has 1 rings (SSSR count). The number of carbonyl (C=O) groups excluding carboxylic acids is 1. The minimum absolute atomic E-state index is 0.272. The topological polar surface area (TPSA) is 47.6 Å². The highest BCUT2D eigenvalue weighted by Crippen LogP contribution is 2.23. The van der Waals surface area contributed by atoms with Crippen LogP contribution in [0.2, 0.25) is 0 Å². The molecule has 0 amide bonds. The molecular weight excluding hydrogens is 310 g/mol. The van der Waals surface area contributed by atoms with Crippen LogP contribution in [0.3, 0.4) is 0 Å². The van der Waals surface area contributed by atoms with E-state index in [1.54, 1.807) is 6.92 Å². The largest absolute Gasteiger partial charge is 0.493 e. The predicted octanol–water partition coefficient (Wildman–Crippen LogP) is 2.89. The van der Waals surface area contributed by atoms with Crippen LogP contribution in [0.4, 0.5) is 0 Å². The summed E-state index contributed by atoms with van der Waals surface area (Å²) in [4.78, 5) is 11.3. The van der Waals surface area contributed by atoms with Crippen molar-refractivity contribution >= 4 is 21.9 Å². The number of esters is 1. The van der Waals surface area contributed by atoms with Crippen molar-refractivity contribution in [2.24, 2.45) is 0 Å².